The Morgan fingerprint density at radius 2 is 1.56 bits per heavy atom. The van der Waals surface area contributed by atoms with Gasteiger partial charge in [-0.3, -0.25) is 4.90 Å². The maximum absolute atomic E-state index is 14.1. The Morgan fingerprint density at radius 1 is 0.833 bits per heavy atom. The molecule has 0 unspecified atom stereocenters. The SMILES string of the molecule is Fc1ccc([C@H](NCCCN2CCN(c3ccccc3F)CC2)c2nnc(-c3ccccc3)o2)cc1. The van der Waals surface area contributed by atoms with E-state index in [2.05, 4.69) is 25.3 Å². The molecule has 36 heavy (non-hydrogen) atoms. The molecule has 1 fully saturated rings. The number of nitrogens with one attached hydrogen (secondary N) is 1. The van der Waals surface area contributed by atoms with Crippen LogP contribution in [0.4, 0.5) is 14.5 Å². The van der Waals surface area contributed by atoms with Crippen molar-refractivity contribution in [2.75, 3.05) is 44.2 Å². The van der Waals surface area contributed by atoms with Gasteiger partial charge in [-0.1, -0.05) is 42.5 Å². The van der Waals surface area contributed by atoms with Gasteiger partial charge in [0.1, 0.15) is 17.7 Å². The van der Waals surface area contributed by atoms with E-state index in [0.717, 1.165) is 56.8 Å². The Hall–Kier alpha value is -3.62. The smallest absolute Gasteiger partial charge is 0.247 e. The highest BCUT2D eigenvalue weighted by Gasteiger charge is 2.22. The van der Waals surface area contributed by atoms with E-state index in [1.165, 1.54) is 18.2 Å². The zero-order valence-electron chi connectivity index (χ0n) is 20.0. The number of piperazine rings is 1. The van der Waals surface area contributed by atoms with Crippen molar-refractivity contribution in [3.8, 4) is 11.5 Å². The molecule has 4 aromatic rings. The Morgan fingerprint density at radius 3 is 2.31 bits per heavy atom. The molecule has 5 rings (SSSR count). The maximum Gasteiger partial charge on any atom is 0.247 e. The van der Waals surface area contributed by atoms with Gasteiger partial charge in [0.2, 0.25) is 11.8 Å². The standard InChI is InChI=1S/C28H29F2N5O/c29-23-13-11-21(12-14-23)26(28-33-32-27(36-28)22-7-2-1-3-8-22)31-15-6-16-34-17-19-35(20-18-34)25-10-5-4-9-24(25)30/h1-5,7-14,26,31H,6,15-20H2/t26-/m0/s1. The molecule has 3 aromatic carbocycles. The van der Waals surface area contributed by atoms with Crippen LogP contribution in [0.15, 0.2) is 83.3 Å². The van der Waals surface area contributed by atoms with Gasteiger partial charge in [-0.15, -0.1) is 10.2 Å². The number of hydrogen-bond donors (Lipinski definition) is 1. The zero-order valence-corrected chi connectivity index (χ0v) is 20.0. The van der Waals surface area contributed by atoms with Gasteiger partial charge in [-0.05, 0) is 61.5 Å². The first-order valence-electron chi connectivity index (χ1n) is 12.3. The molecule has 186 valence electrons. The van der Waals surface area contributed by atoms with Crippen LogP contribution in [0.3, 0.4) is 0 Å². The predicted octanol–water partition coefficient (Wildman–Crippen LogP) is 4.91. The highest BCUT2D eigenvalue weighted by Crippen LogP contribution is 2.25. The number of rotatable bonds is 9. The summed E-state index contributed by atoms with van der Waals surface area (Å²) in [5, 5.41) is 12.0. The van der Waals surface area contributed by atoms with E-state index in [4.69, 9.17) is 4.42 Å². The molecule has 1 saturated heterocycles. The van der Waals surface area contributed by atoms with E-state index in [9.17, 15) is 8.78 Å². The lowest BCUT2D eigenvalue weighted by atomic mass is 10.1. The van der Waals surface area contributed by atoms with Gasteiger partial charge < -0.3 is 14.6 Å². The minimum atomic E-state index is -0.339. The summed E-state index contributed by atoms with van der Waals surface area (Å²) < 4.78 is 33.6. The molecule has 6 nitrogen and oxygen atoms in total. The van der Waals surface area contributed by atoms with Crippen molar-refractivity contribution in [1.29, 1.82) is 0 Å². The highest BCUT2D eigenvalue weighted by molar-refractivity contribution is 5.52. The largest absolute Gasteiger partial charge is 0.419 e. The molecule has 1 N–H and O–H groups in total. The van der Waals surface area contributed by atoms with Crippen molar-refractivity contribution in [2.24, 2.45) is 0 Å². The summed E-state index contributed by atoms with van der Waals surface area (Å²) in [4.78, 5) is 4.50. The highest BCUT2D eigenvalue weighted by atomic mass is 19.1. The molecule has 1 aliphatic rings. The van der Waals surface area contributed by atoms with Crippen LogP contribution in [0.1, 0.15) is 23.9 Å². The van der Waals surface area contributed by atoms with E-state index in [0.29, 0.717) is 17.5 Å². The van der Waals surface area contributed by atoms with Crippen LogP contribution in [0.5, 0.6) is 0 Å². The van der Waals surface area contributed by atoms with E-state index in [1.54, 1.807) is 18.2 Å². The fraction of sp³-hybridized carbons (Fsp3) is 0.286. The second-order valence-electron chi connectivity index (χ2n) is 8.88. The third-order valence-corrected chi connectivity index (χ3v) is 6.48. The van der Waals surface area contributed by atoms with Gasteiger partial charge >= 0.3 is 0 Å². The van der Waals surface area contributed by atoms with Crippen molar-refractivity contribution in [2.45, 2.75) is 12.5 Å². The Kier molecular flexibility index (Phi) is 7.64. The lowest BCUT2D eigenvalue weighted by molar-refractivity contribution is 0.252. The summed E-state index contributed by atoms with van der Waals surface area (Å²) in [5.41, 5.74) is 2.39. The van der Waals surface area contributed by atoms with Crippen LogP contribution < -0.4 is 10.2 Å². The van der Waals surface area contributed by atoms with Crippen molar-refractivity contribution in [1.82, 2.24) is 20.4 Å². The van der Waals surface area contributed by atoms with E-state index in [1.807, 2.05) is 42.5 Å². The first kappa shape index (κ1) is 24.1. The Labute approximate surface area is 209 Å². The summed E-state index contributed by atoms with van der Waals surface area (Å²) in [6, 6.07) is 22.6. The van der Waals surface area contributed by atoms with Crippen LogP contribution in [0.25, 0.3) is 11.5 Å². The van der Waals surface area contributed by atoms with E-state index >= 15 is 0 Å². The number of halogens is 2. The first-order chi connectivity index (χ1) is 17.7. The van der Waals surface area contributed by atoms with Gasteiger partial charge in [-0.2, -0.15) is 0 Å². The van der Waals surface area contributed by atoms with Crippen molar-refractivity contribution in [3.63, 3.8) is 0 Å². The average Bonchev–Trinajstić information content (AvgIpc) is 3.41. The quantitative estimate of drug-likeness (QED) is 0.338. The molecule has 1 aliphatic heterocycles. The number of nitrogens with zero attached hydrogens (tertiary/aromatic N) is 4. The molecule has 0 radical (unpaired) electrons. The normalized spacial score (nSPS) is 15.2. The minimum absolute atomic E-state index is 0.168. The fourth-order valence-electron chi connectivity index (χ4n) is 4.52. The zero-order chi connectivity index (χ0) is 24.7. The van der Waals surface area contributed by atoms with E-state index in [-0.39, 0.29) is 17.7 Å². The van der Waals surface area contributed by atoms with E-state index < -0.39 is 0 Å². The second kappa shape index (κ2) is 11.4. The van der Waals surface area contributed by atoms with Crippen LogP contribution in [-0.4, -0.2) is 54.4 Å². The topological polar surface area (TPSA) is 57.4 Å². The summed E-state index contributed by atoms with van der Waals surface area (Å²) in [7, 11) is 0. The molecule has 1 aromatic heterocycles. The predicted molar refractivity (Wildman–Crippen MR) is 136 cm³/mol. The number of para-hydroxylation sites is 1. The number of benzene rings is 3. The van der Waals surface area contributed by atoms with Gasteiger partial charge in [0.05, 0.1) is 5.69 Å². The lowest BCUT2D eigenvalue weighted by Gasteiger charge is -2.36. The lowest BCUT2D eigenvalue weighted by Crippen LogP contribution is -2.47. The molecule has 2 heterocycles. The van der Waals surface area contributed by atoms with Crippen molar-refractivity contribution in [3.05, 3.63) is 102 Å². The molecule has 0 spiro atoms. The fourth-order valence-corrected chi connectivity index (χ4v) is 4.52. The Balaban J connectivity index is 1.17. The molecule has 1 atom stereocenters. The average molecular weight is 490 g/mol. The molecule has 0 bridgehead atoms. The van der Waals surface area contributed by atoms with Crippen LogP contribution >= 0.6 is 0 Å². The summed E-state index contributed by atoms with van der Waals surface area (Å²) in [6.07, 6.45) is 0.914. The van der Waals surface area contributed by atoms with Gasteiger partial charge in [0.15, 0.2) is 0 Å². The molecule has 0 saturated carbocycles. The summed E-state index contributed by atoms with van der Waals surface area (Å²) >= 11 is 0. The monoisotopic (exact) mass is 489 g/mol. The van der Waals surface area contributed by atoms with Crippen LogP contribution in [0.2, 0.25) is 0 Å². The minimum Gasteiger partial charge on any atom is -0.419 e. The second-order valence-corrected chi connectivity index (χ2v) is 8.88. The molecule has 0 amide bonds. The van der Waals surface area contributed by atoms with Gasteiger partial charge in [0, 0.05) is 31.7 Å². The third kappa shape index (κ3) is 5.78. The van der Waals surface area contributed by atoms with Crippen LogP contribution in [-0.2, 0) is 0 Å². The third-order valence-electron chi connectivity index (χ3n) is 6.48. The maximum atomic E-state index is 14.1. The number of aromatic nitrogens is 2. The molecule has 8 heteroatoms. The Bertz CT molecular complexity index is 1240. The summed E-state index contributed by atoms with van der Waals surface area (Å²) in [5.74, 6) is 0.437. The number of hydrogen-bond acceptors (Lipinski definition) is 6. The molecular weight excluding hydrogens is 460 g/mol. The van der Waals surface area contributed by atoms with Crippen molar-refractivity contribution < 1.29 is 13.2 Å². The van der Waals surface area contributed by atoms with Crippen LogP contribution in [0, 0.1) is 11.6 Å². The van der Waals surface area contributed by atoms with Gasteiger partial charge in [0.25, 0.3) is 0 Å². The van der Waals surface area contributed by atoms with Crippen molar-refractivity contribution >= 4 is 5.69 Å². The number of anilines is 1. The first-order valence-corrected chi connectivity index (χ1v) is 12.3. The molecule has 0 aliphatic carbocycles. The molecular formula is C28H29F2N5O. The summed E-state index contributed by atoms with van der Waals surface area (Å²) in [6.45, 7) is 5.03. The van der Waals surface area contributed by atoms with Gasteiger partial charge in [-0.25, -0.2) is 8.78 Å².